The summed E-state index contributed by atoms with van der Waals surface area (Å²) in [5, 5.41) is 10.9. The van der Waals surface area contributed by atoms with Crippen LogP contribution in [0.25, 0.3) is 0 Å². The summed E-state index contributed by atoms with van der Waals surface area (Å²) in [5.74, 6) is 0.613. The summed E-state index contributed by atoms with van der Waals surface area (Å²) in [7, 11) is 0. The standard InChI is InChI=1S/C23H25N5O3S/c1-16-3-5-18(6-4-16)22(30)28-13-11-27(12-14-28)20-9-7-19(8-10-20)24-21(29)15-32-23-26-25-17(2)31-23/h3-10H,11-15H2,1-2H3,(H,24,29). The average Bonchev–Trinajstić information content (AvgIpc) is 3.23. The molecule has 3 aromatic rings. The van der Waals surface area contributed by atoms with Gasteiger partial charge in [0, 0.05) is 50.0 Å². The first kappa shape index (κ1) is 21.9. The summed E-state index contributed by atoms with van der Waals surface area (Å²) in [6.45, 7) is 6.61. The Morgan fingerprint density at radius 2 is 1.66 bits per heavy atom. The van der Waals surface area contributed by atoms with Crippen molar-refractivity contribution in [1.82, 2.24) is 15.1 Å². The molecule has 1 aliphatic heterocycles. The second-order valence-electron chi connectivity index (χ2n) is 7.62. The number of nitrogens with one attached hydrogen (secondary N) is 1. The van der Waals surface area contributed by atoms with Gasteiger partial charge in [0.15, 0.2) is 0 Å². The molecule has 32 heavy (non-hydrogen) atoms. The summed E-state index contributed by atoms with van der Waals surface area (Å²) in [6.07, 6.45) is 0. The molecule has 9 heteroatoms. The number of piperazine rings is 1. The van der Waals surface area contributed by atoms with Crippen molar-refractivity contribution >= 4 is 35.0 Å². The van der Waals surface area contributed by atoms with Crippen molar-refractivity contribution in [3.63, 3.8) is 0 Å². The number of rotatable bonds is 6. The average molecular weight is 452 g/mol. The van der Waals surface area contributed by atoms with E-state index in [1.54, 1.807) is 6.92 Å². The molecule has 0 spiro atoms. The van der Waals surface area contributed by atoms with Gasteiger partial charge in [-0.1, -0.05) is 29.5 Å². The molecule has 2 amide bonds. The molecule has 0 unspecified atom stereocenters. The predicted molar refractivity (Wildman–Crippen MR) is 124 cm³/mol. The maximum atomic E-state index is 12.7. The molecule has 1 aromatic heterocycles. The molecule has 0 saturated carbocycles. The van der Waals surface area contributed by atoms with Crippen LogP contribution in [0.1, 0.15) is 21.8 Å². The molecule has 2 heterocycles. The van der Waals surface area contributed by atoms with Crippen LogP contribution in [-0.2, 0) is 4.79 Å². The van der Waals surface area contributed by atoms with Gasteiger partial charge in [-0.15, -0.1) is 10.2 Å². The van der Waals surface area contributed by atoms with Gasteiger partial charge in [-0.25, -0.2) is 0 Å². The van der Waals surface area contributed by atoms with Gasteiger partial charge in [0.2, 0.25) is 11.8 Å². The molecule has 1 aliphatic rings. The first-order valence-electron chi connectivity index (χ1n) is 10.4. The van der Waals surface area contributed by atoms with Crippen LogP contribution in [0, 0.1) is 13.8 Å². The normalized spacial score (nSPS) is 13.8. The van der Waals surface area contributed by atoms with E-state index in [1.807, 2.05) is 60.4 Å². The largest absolute Gasteiger partial charge is 0.416 e. The predicted octanol–water partition coefficient (Wildman–Crippen LogP) is 3.38. The Morgan fingerprint density at radius 1 is 0.969 bits per heavy atom. The third-order valence-electron chi connectivity index (χ3n) is 5.22. The van der Waals surface area contributed by atoms with E-state index < -0.39 is 0 Å². The molecule has 0 atom stereocenters. The van der Waals surface area contributed by atoms with Gasteiger partial charge >= 0.3 is 0 Å². The topological polar surface area (TPSA) is 91.6 Å². The molecule has 2 aromatic carbocycles. The van der Waals surface area contributed by atoms with E-state index in [0.717, 1.165) is 35.6 Å². The highest BCUT2D eigenvalue weighted by Gasteiger charge is 2.22. The van der Waals surface area contributed by atoms with Crippen molar-refractivity contribution in [3.8, 4) is 0 Å². The molecule has 166 valence electrons. The lowest BCUT2D eigenvalue weighted by molar-refractivity contribution is -0.113. The summed E-state index contributed by atoms with van der Waals surface area (Å²) in [6, 6.07) is 15.5. The zero-order valence-electron chi connectivity index (χ0n) is 18.1. The van der Waals surface area contributed by atoms with Crippen LogP contribution < -0.4 is 10.2 Å². The highest BCUT2D eigenvalue weighted by molar-refractivity contribution is 7.99. The minimum Gasteiger partial charge on any atom is -0.416 e. The Balaban J connectivity index is 1.26. The number of aryl methyl sites for hydroxylation is 2. The van der Waals surface area contributed by atoms with Gasteiger partial charge in [-0.2, -0.15) is 0 Å². The zero-order valence-corrected chi connectivity index (χ0v) is 18.9. The SMILES string of the molecule is Cc1ccc(C(=O)N2CCN(c3ccc(NC(=O)CSc4nnc(C)o4)cc3)CC2)cc1. The molecule has 1 N–H and O–H groups in total. The maximum Gasteiger partial charge on any atom is 0.277 e. The quantitative estimate of drug-likeness (QED) is 0.575. The van der Waals surface area contributed by atoms with Crippen molar-refractivity contribution in [2.75, 3.05) is 42.1 Å². The number of carbonyl (C=O) groups excluding carboxylic acids is 2. The Labute approximate surface area is 191 Å². The van der Waals surface area contributed by atoms with Crippen LogP contribution in [0.4, 0.5) is 11.4 Å². The summed E-state index contributed by atoms with van der Waals surface area (Å²) in [5.41, 5.74) is 3.68. The Hall–Kier alpha value is -3.33. The van der Waals surface area contributed by atoms with Gasteiger partial charge in [-0.05, 0) is 43.3 Å². The number of hydrogen-bond donors (Lipinski definition) is 1. The lowest BCUT2D eigenvalue weighted by Crippen LogP contribution is -2.48. The summed E-state index contributed by atoms with van der Waals surface area (Å²) < 4.78 is 5.25. The number of thioether (sulfide) groups is 1. The smallest absolute Gasteiger partial charge is 0.277 e. The fourth-order valence-electron chi connectivity index (χ4n) is 3.46. The van der Waals surface area contributed by atoms with Crippen molar-refractivity contribution in [2.24, 2.45) is 0 Å². The van der Waals surface area contributed by atoms with Gasteiger partial charge in [0.1, 0.15) is 0 Å². The van der Waals surface area contributed by atoms with Crippen molar-refractivity contribution in [1.29, 1.82) is 0 Å². The second-order valence-corrected chi connectivity index (χ2v) is 8.54. The lowest BCUT2D eigenvalue weighted by Gasteiger charge is -2.36. The van der Waals surface area contributed by atoms with E-state index in [2.05, 4.69) is 20.4 Å². The summed E-state index contributed by atoms with van der Waals surface area (Å²) in [4.78, 5) is 29.0. The minimum absolute atomic E-state index is 0.0799. The fraction of sp³-hybridized carbons (Fsp3) is 0.304. The minimum atomic E-state index is -0.137. The van der Waals surface area contributed by atoms with Crippen LogP contribution in [0.5, 0.6) is 0 Å². The Morgan fingerprint density at radius 3 is 2.28 bits per heavy atom. The van der Waals surface area contributed by atoms with E-state index in [9.17, 15) is 9.59 Å². The van der Waals surface area contributed by atoms with Crippen LogP contribution in [0.15, 0.2) is 58.2 Å². The fourth-order valence-corrected chi connectivity index (χ4v) is 4.07. The number of amides is 2. The number of anilines is 2. The third-order valence-corrected chi connectivity index (χ3v) is 6.03. The van der Waals surface area contributed by atoms with Crippen LogP contribution in [-0.4, -0.2) is 58.8 Å². The van der Waals surface area contributed by atoms with E-state index in [4.69, 9.17) is 4.42 Å². The van der Waals surface area contributed by atoms with Gasteiger partial charge in [-0.3, -0.25) is 9.59 Å². The molecule has 8 nitrogen and oxygen atoms in total. The highest BCUT2D eigenvalue weighted by Crippen LogP contribution is 2.21. The number of aromatic nitrogens is 2. The maximum absolute atomic E-state index is 12.7. The van der Waals surface area contributed by atoms with E-state index in [1.165, 1.54) is 11.8 Å². The van der Waals surface area contributed by atoms with Crippen molar-refractivity contribution in [2.45, 2.75) is 19.1 Å². The molecule has 0 radical (unpaired) electrons. The molecule has 1 fully saturated rings. The highest BCUT2D eigenvalue weighted by atomic mass is 32.2. The van der Waals surface area contributed by atoms with Gasteiger partial charge in [0.05, 0.1) is 5.75 Å². The number of nitrogens with zero attached hydrogens (tertiary/aromatic N) is 4. The number of carbonyl (C=O) groups is 2. The first-order chi connectivity index (χ1) is 15.5. The lowest BCUT2D eigenvalue weighted by atomic mass is 10.1. The van der Waals surface area contributed by atoms with Crippen molar-refractivity contribution < 1.29 is 14.0 Å². The van der Waals surface area contributed by atoms with Crippen LogP contribution >= 0.6 is 11.8 Å². The van der Waals surface area contributed by atoms with Gasteiger partial charge < -0.3 is 19.5 Å². The number of benzene rings is 2. The zero-order chi connectivity index (χ0) is 22.5. The first-order valence-corrected chi connectivity index (χ1v) is 11.4. The van der Waals surface area contributed by atoms with E-state index in [0.29, 0.717) is 24.2 Å². The second kappa shape index (κ2) is 9.86. The number of hydrogen-bond acceptors (Lipinski definition) is 7. The molecule has 0 bridgehead atoms. The molecule has 1 saturated heterocycles. The molecular formula is C23H25N5O3S. The molecule has 4 rings (SSSR count). The van der Waals surface area contributed by atoms with Crippen LogP contribution in [0.2, 0.25) is 0 Å². The third kappa shape index (κ3) is 5.47. The van der Waals surface area contributed by atoms with E-state index >= 15 is 0 Å². The molecule has 0 aliphatic carbocycles. The Kier molecular flexibility index (Phi) is 6.75. The monoisotopic (exact) mass is 451 g/mol. The summed E-state index contributed by atoms with van der Waals surface area (Å²) >= 11 is 1.20. The van der Waals surface area contributed by atoms with Gasteiger partial charge in [0.25, 0.3) is 11.1 Å². The molecular weight excluding hydrogens is 426 g/mol. The van der Waals surface area contributed by atoms with Crippen LogP contribution in [0.3, 0.4) is 0 Å². The Bertz CT molecular complexity index is 1070. The van der Waals surface area contributed by atoms with Crippen molar-refractivity contribution in [3.05, 3.63) is 65.5 Å². The van der Waals surface area contributed by atoms with E-state index in [-0.39, 0.29) is 17.6 Å².